The molecule has 0 aliphatic heterocycles. The number of halogens is 1. The van der Waals surface area contributed by atoms with E-state index < -0.39 is 10.0 Å². The van der Waals surface area contributed by atoms with Crippen molar-refractivity contribution in [3.63, 3.8) is 0 Å². The molecule has 0 amide bonds. The van der Waals surface area contributed by atoms with Gasteiger partial charge in [0.2, 0.25) is 10.0 Å². The summed E-state index contributed by atoms with van der Waals surface area (Å²) in [4.78, 5) is 0.300. The first-order chi connectivity index (χ1) is 8.37. The van der Waals surface area contributed by atoms with Crippen molar-refractivity contribution in [3.05, 3.63) is 29.3 Å². The number of sulfonamides is 1. The Hall–Kier alpha value is -0.690. The average Bonchev–Trinajstić information content (AvgIpc) is 2.28. The van der Waals surface area contributed by atoms with Crippen LogP contribution >= 0.6 is 23.8 Å². The Kier molecular flexibility index (Phi) is 5.52. The van der Waals surface area contributed by atoms with Gasteiger partial charge in [-0.05, 0) is 24.6 Å². The van der Waals surface area contributed by atoms with E-state index >= 15 is 0 Å². The number of benzene rings is 1. The molecule has 100 valence electrons. The van der Waals surface area contributed by atoms with Crippen molar-refractivity contribution < 1.29 is 8.42 Å². The van der Waals surface area contributed by atoms with Crippen molar-refractivity contribution >= 4 is 38.8 Å². The second-order valence-electron chi connectivity index (χ2n) is 3.76. The molecule has 1 aromatic carbocycles. The number of nitrogens with zero attached hydrogens (tertiary/aromatic N) is 1. The van der Waals surface area contributed by atoms with Crippen molar-refractivity contribution in [2.24, 2.45) is 5.73 Å². The number of rotatable bonds is 6. The largest absolute Gasteiger partial charge is 0.392 e. The standard InChI is InChI=1S/C11H15ClN2O2S2/c1-2-6-14(8-11(13)17)18(15,16)10-5-3-4-9(12)7-10/h3-5,7H,2,6,8H2,1H3,(H2,13,17). The molecule has 0 fully saturated rings. The van der Waals surface area contributed by atoms with Crippen LogP contribution in [-0.2, 0) is 10.0 Å². The maximum Gasteiger partial charge on any atom is 0.243 e. The van der Waals surface area contributed by atoms with Gasteiger partial charge in [0.1, 0.15) is 0 Å². The lowest BCUT2D eigenvalue weighted by Crippen LogP contribution is -2.38. The summed E-state index contributed by atoms with van der Waals surface area (Å²) in [6.45, 7) is 2.30. The highest BCUT2D eigenvalue weighted by atomic mass is 35.5. The second-order valence-corrected chi connectivity index (χ2v) is 6.66. The van der Waals surface area contributed by atoms with Gasteiger partial charge in [0.25, 0.3) is 0 Å². The summed E-state index contributed by atoms with van der Waals surface area (Å²) in [6.07, 6.45) is 0.683. The zero-order valence-corrected chi connectivity index (χ0v) is 12.4. The quantitative estimate of drug-likeness (QED) is 0.817. The van der Waals surface area contributed by atoms with Gasteiger partial charge in [0.15, 0.2) is 0 Å². The second kappa shape index (κ2) is 6.47. The SMILES string of the molecule is CCCN(CC(N)=S)S(=O)(=O)c1cccc(Cl)c1. The lowest BCUT2D eigenvalue weighted by Gasteiger charge is -2.21. The van der Waals surface area contributed by atoms with Crippen molar-refractivity contribution in [3.8, 4) is 0 Å². The highest BCUT2D eigenvalue weighted by Gasteiger charge is 2.24. The maximum absolute atomic E-state index is 12.4. The predicted molar refractivity (Wildman–Crippen MR) is 77.3 cm³/mol. The third-order valence-electron chi connectivity index (χ3n) is 2.24. The Morgan fingerprint density at radius 1 is 1.50 bits per heavy atom. The van der Waals surface area contributed by atoms with E-state index in [1.54, 1.807) is 12.1 Å². The molecule has 1 rings (SSSR count). The molecule has 0 saturated heterocycles. The molecule has 0 unspecified atom stereocenters. The zero-order chi connectivity index (χ0) is 13.8. The molecule has 0 bridgehead atoms. The third kappa shape index (κ3) is 3.91. The van der Waals surface area contributed by atoms with Gasteiger partial charge in [-0.2, -0.15) is 4.31 Å². The van der Waals surface area contributed by atoms with Gasteiger partial charge in [-0.1, -0.05) is 36.8 Å². The van der Waals surface area contributed by atoms with Gasteiger partial charge in [0, 0.05) is 11.6 Å². The summed E-state index contributed by atoms with van der Waals surface area (Å²) < 4.78 is 26.0. The molecule has 0 aliphatic rings. The van der Waals surface area contributed by atoms with Crippen LogP contribution < -0.4 is 5.73 Å². The summed E-state index contributed by atoms with van der Waals surface area (Å²) in [6, 6.07) is 6.14. The number of hydrogen-bond donors (Lipinski definition) is 1. The van der Waals surface area contributed by atoms with Gasteiger partial charge in [-0.3, -0.25) is 0 Å². The predicted octanol–water partition coefficient (Wildman–Crippen LogP) is 2.03. The van der Waals surface area contributed by atoms with Gasteiger partial charge < -0.3 is 5.73 Å². The van der Waals surface area contributed by atoms with Crippen molar-refractivity contribution in [2.45, 2.75) is 18.2 Å². The molecular weight excluding hydrogens is 292 g/mol. The van der Waals surface area contributed by atoms with Crippen molar-refractivity contribution in [1.29, 1.82) is 0 Å². The molecule has 0 atom stereocenters. The molecule has 0 radical (unpaired) electrons. The molecule has 0 heterocycles. The fraction of sp³-hybridized carbons (Fsp3) is 0.364. The van der Waals surface area contributed by atoms with Crippen LogP contribution in [0.3, 0.4) is 0 Å². The Morgan fingerprint density at radius 2 is 2.17 bits per heavy atom. The van der Waals surface area contributed by atoms with E-state index in [9.17, 15) is 8.42 Å². The fourth-order valence-corrected chi connectivity index (χ4v) is 3.53. The van der Waals surface area contributed by atoms with Crippen molar-refractivity contribution in [2.75, 3.05) is 13.1 Å². The molecule has 1 aromatic rings. The van der Waals surface area contributed by atoms with Gasteiger partial charge in [-0.15, -0.1) is 0 Å². The molecule has 2 N–H and O–H groups in total. The highest BCUT2D eigenvalue weighted by Crippen LogP contribution is 2.19. The summed E-state index contributed by atoms with van der Waals surface area (Å²) >= 11 is 10.6. The minimum Gasteiger partial charge on any atom is -0.392 e. The first kappa shape index (κ1) is 15.4. The normalized spacial score (nSPS) is 11.7. The van der Waals surface area contributed by atoms with Gasteiger partial charge in [-0.25, -0.2) is 8.42 Å². The summed E-state index contributed by atoms with van der Waals surface area (Å²) in [5, 5.41) is 0.378. The Bertz CT molecular complexity index is 532. The van der Waals surface area contributed by atoms with Crippen LogP contribution in [0.2, 0.25) is 5.02 Å². The van der Waals surface area contributed by atoms with Crippen LogP contribution in [0.15, 0.2) is 29.2 Å². The highest BCUT2D eigenvalue weighted by molar-refractivity contribution is 7.89. The van der Waals surface area contributed by atoms with E-state index in [0.717, 1.165) is 0 Å². The molecule has 4 nitrogen and oxygen atoms in total. The molecule has 0 aliphatic carbocycles. The number of nitrogens with two attached hydrogens (primary N) is 1. The van der Waals surface area contributed by atoms with Crippen LogP contribution in [0.1, 0.15) is 13.3 Å². The molecule has 18 heavy (non-hydrogen) atoms. The molecule has 7 heteroatoms. The Labute approximate surface area is 118 Å². The average molecular weight is 307 g/mol. The summed E-state index contributed by atoms with van der Waals surface area (Å²) in [7, 11) is -3.60. The molecule has 0 spiro atoms. The monoisotopic (exact) mass is 306 g/mol. The fourth-order valence-electron chi connectivity index (χ4n) is 1.48. The molecular formula is C11H15ClN2O2S2. The van der Waals surface area contributed by atoms with E-state index in [1.807, 2.05) is 6.92 Å². The van der Waals surface area contributed by atoms with Gasteiger partial charge >= 0.3 is 0 Å². The molecule has 0 saturated carbocycles. The first-order valence-electron chi connectivity index (χ1n) is 5.42. The lowest BCUT2D eigenvalue weighted by atomic mass is 10.4. The van der Waals surface area contributed by atoms with Crippen LogP contribution in [0.5, 0.6) is 0 Å². The smallest absolute Gasteiger partial charge is 0.243 e. The third-order valence-corrected chi connectivity index (χ3v) is 4.44. The van der Waals surface area contributed by atoms with E-state index in [4.69, 9.17) is 29.6 Å². The zero-order valence-electron chi connectivity index (χ0n) is 9.97. The van der Waals surface area contributed by atoms with Crippen molar-refractivity contribution in [1.82, 2.24) is 4.31 Å². The molecule has 0 aromatic heterocycles. The Balaban J connectivity index is 3.12. The van der Waals surface area contributed by atoms with E-state index in [-0.39, 0.29) is 16.4 Å². The lowest BCUT2D eigenvalue weighted by molar-refractivity contribution is 0.449. The van der Waals surface area contributed by atoms with Crippen LogP contribution in [0, 0.1) is 0 Å². The minimum atomic E-state index is -3.60. The van der Waals surface area contributed by atoms with Crippen LogP contribution in [0.25, 0.3) is 0 Å². The number of hydrogen-bond acceptors (Lipinski definition) is 3. The first-order valence-corrected chi connectivity index (χ1v) is 7.64. The maximum atomic E-state index is 12.4. The summed E-state index contributed by atoms with van der Waals surface area (Å²) in [5.74, 6) is 0. The van der Waals surface area contributed by atoms with Crippen LogP contribution in [-0.4, -0.2) is 30.8 Å². The Morgan fingerprint density at radius 3 is 2.67 bits per heavy atom. The topological polar surface area (TPSA) is 63.4 Å². The van der Waals surface area contributed by atoms with Crippen LogP contribution in [0.4, 0.5) is 0 Å². The van der Waals surface area contributed by atoms with E-state index in [2.05, 4.69) is 0 Å². The van der Waals surface area contributed by atoms with Gasteiger partial charge in [0.05, 0.1) is 16.4 Å². The number of thiocarbonyl (C=S) groups is 1. The van der Waals surface area contributed by atoms with E-state index in [1.165, 1.54) is 16.4 Å². The van der Waals surface area contributed by atoms with E-state index in [0.29, 0.717) is 18.0 Å². The minimum absolute atomic E-state index is 0.0397. The summed E-state index contributed by atoms with van der Waals surface area (Å²) in [5.41, 5.74) is 5.43.